The summed E-state index contributed by atoms with van der Waals surface area (Å²) in [4.78, 5) is 18.3. The van der Waals surface area contributed by atoms with E-state index in [9.17, 15) is 4.79 Å². The molecule has 0 fully saturated rings. The van der Waals surface area contributed by atoms with Crippen LogP contribution in [0, 0.1) is 6.92 Å². The Kier molecular flexibility index (Phi) is 4.94. The fourth-order valence-corrected chi connectivity index (χ4v) is 2.09. The minimum atomic E-state index is -0.101. The predicted molar refractivity (Wildman–Crippen MR) is 93.0 cm³/mol. The zero-order valence-electron chi connectivity index (χ0n) is 13.4. The summed E-state index contributed by atoms with van der Waals surface area (Å²) >= 11 is 0. The fourth-order valence-electron chi connectivity index (χ4n) is 2.09. The third-order valence-electron chi connectivity index (χ3n) is 3.60. The van der Waals surface area contributed by atoms with Crippen molar-refractivity contribution in [3.63, 3.8) is 0 Å². The van der Waals surface area contributed by atoms with E-state index in [0.717, 1.165) is 22.8 Å². The summed E-state index contributed by atoms with van der Waals surface area (Å²) in [6.45, 7) is 3.92. The second-order valence-corrected chi connectivity index (χ2v) is 5.20. The van der Waals surface area contributed by atoms with Crippen molar-refractivity contribution in [1.29, 1.82) is 0 Å². The van der Waals surface area contributed by atoms with Gasteiger partial charge < -0.3 is 10.2 Å². The Bertz CT molecular complexity index is 690. The number of rotatable bonds is 3. The molecule has 0 radical (unpaired) electrons. The third-order valence-corrected chi connectivity index (χ3v) is 3.60. The van der Waals surface area contributed by atoms with Crippen LogP contribution in [0.1, 0.15) is 22.8 Å². The molecule has 0 spiro atoms. The van der Waals surface area contributed by atoms with E-state index in [1.807, 2.05) is 74.3 Å². The van der Waals surface area contributed by atoms with Crippen molar-refractivity contribution >= 4 is 23.1 Å². The van der Waals surface area contributed by atoms with Crippen LogP contribution >= 0.6 is 0 Å². The van der Waals surface area contributed by atoms with Crippen molar-refractivity contribution in [2.24, 2.45) is 4.99 Å². The summed E-state index contributed by atoms with van der Waals surface area (Å²) in [6.07, 6.45) is 0. The Labute approximate surface area is 131 Å². The second-order valence-electron chi connectivity index (χ2n) is 5.20. The summed E-state index contributed by atoms with van der Waals surface area (Å²) in [5, 5.41) is 2.91. The van der Waals surface area contributed by atoms with Gasteiger partial charge in [-0.15, -0.1) is 0 Å². The van der Waals surface area contributed by atoms with Gasteiger partial charge in [-0.2, -0.15) is 0 Å². The van der Waals surface area contributed by atoms with Gasteiger partial charge in [0.1, 0.15) is 0 Å². The highest BCUT2D eigenvalue weighted by Crippen LogP contribution is 2.18. The van der Waals surface area contributed by atoms with Crippen LogP contribution in [0.4, 0.5) is 11.4 Å². The van der Waals surface area contributed by atoms with Crippen LogP contribution in [-0.4, -0.2) is 25.8 Å². The highest BCUT2D eigenvalue weighted by atomic mass is 16.1. The van der Waals surface area contributed by atoms with Gasteiger partial charge in [-0.3, -0.25) is 9.79 Å². The zero-order valence-corrected chi connectivity index (χ0v) is 13.4. The maximum Gasteiger partial charge on any atom is 0.255 e. The smallest absolute Gasteiger partial charge is 0.255 e. The molecular weight excluding hydrogens is 274 g/mol. The van der Waals surface area contributed by atoms with Gasteiger partial charge in [-0.05, 0) is 50.2 Å². The van der Waals surface area contributed by atoms with Gasteiger partial charge in [0.25, 0.3) is 5.91 Å². The number of aryl methyl sites for hydroxylation is 1. The molecule has 2 aromatic rings. The number of nitrogens with zero attached hydrogens (tertiary/aromatic N) is 2. The standard InChI is InChI=1S/C18H21N3O/c1-13-6-5-7-15(12-13)18(22)20-16-8-10-17(11-9-16)21(4)14(2)19-3/h5-12H,1-4H3,(H,20,22). The number of benzene rings is 2. The summed E-state index contributed by atoms with van der Waals surface area (Å²) in [5.74, 6) is 0.827. The summed E-state index contributed by atoms with van der Waals surface area (Å²) in [5.41, 5.74) is 3.53. The molecule has 0 heterocycles. The van der Waals surface area contributed by atoms with E-state index in [-0.39, 0.29) is 5.91 Å². The lowest BCUT2D eigenvalue weighted by atomic mass is 10.1. The van der Waals surface area contributed by atoms with Crippen LogP contribution in [0.2, 0.25) is 0 Å². The molecule has 0 aliphatic heterocycles. The van der Waals surface area contributed by atoms with Crippen LogP contribution in [0.5, 0.6) is 0 Å². The quantitative estimate of drug-likeness (QED) is 0.692. The van der Waals surface area contributed by atoms with Gasteiger partial charge >= 0.3 is 0 Å². The Balaban J connectivity index is 2.10. The van der Waals surface area contributed by atoms with E-state index in [2.05, 4.69) is 10.3 Å². The second kappa shape index (κ2) is 6.89. The molecule has 0 aliphatic rings. The molecule has 0 bridgehead atoms. The van der Waals surface area contributed by atoms with Crippen LogP contribution < -0.4 is 10.2 Å². The number of amidine groups is 1. The highest BCUT2D eigenvalue weighted by molar-refractivity contribution is 6.04. The molecule has 1 N–H and O–H groups in total. The summed E-state index contributed by atoms with van der Waals surface area (Å²) < 4.78 is 0. The molecule has 0 unspecified atom stereocenters. The van der Waals surface area contributed by atoms with E-state index < -0.39 is 0 Å². The van der Waals surface area contributed by atoms with Gasteiger partial charge in [0, 0.05) is 31.0 Å². The first-order chi connectivity index (χ1) is 10.5. The van der Waals surface area contributed by atoms with Crippen molar-refractivity contribution in [3.05, 3.63) is 59.7 Å². The van der Waals surface area contributed by atoms with Gasteiger partial charge in [0.05, 0.1) is 5.84 Å². The van der Waals surface area contributed by atoms with E-state index in [1.54, 1.807) is 7.05 Å². The Morgan fingerprint density at radius 1 is 1.14 bits per heavy atom. The maximum absolute atomic E-state index is 12.2. The monoisotopic (exact) mass is 295 g/mol. The van der Waals surface area contributed by atoms with Crippen molar-refractivity contribution in [2.45, 2.75) is 13.8 Å². The average Bonchev–Trinajstić information content (AvgIpc) is 2.54. The van der Waals surface area contributed by atoms with Crippen LogP contribution in [0.15, 0.2) is 53.5 Å². The number of hydrogen-bond donors (Lipinski definition) is 1. The number of hydrogen-bond acceptors (Lipinski definition) is 2. The summed E-state index contributed by atoms with van der Waals surface area (Å²) in [6, 6.07) is 15.2. The molecule has 0 saturated heterocycles. The van der Waals surface area contributed by atoms with Crippen LogP contribution in [-0.2, 0) is 0 Å². The van der Waals surface area contributed by atoms with Crippen LogP contribution in [0.25, 0.3) is 0 Å². The van der Waals surface area contributed by atoms with E-state index in [1.165, 1.54) is 0 Å². The number of nitrogens with one attached hydrogen (secondary N) is 1. The number of carbonyl (C=O) groups excluding carboxylic acids is 1. The molecule has 22 heavy (non-hydrogen) atoms. The lowest BCUT2D eigenvalue weighted by molar-refractivity contribution is 0.102. The van der Waals surface area contributed by atoms with E-state index in [4.69, 9.17) is 0 Å². The average molecular weight is 295 g/mol. The highest BCUT2D eigenvalue weighted by Gasteiger charge is 2.07. The Morgan fingerprint density at radius 2 is 1.82 bits per heavy atom. The van der Waals surface area contributed by atoms with Crippen molar-refractivity contribution in [3.8, 4) is 0 Å². The van der Waals surface area contributed by atoms with Crippen LogP contribution in [0.3, 0.4) is 0 Å². The molecule has 0 aliphatic carbocycles. The fraction of sp³-hybridized carbons (Fsp3) is 0.222. The molecule has 114 valence electrons. The van der Waals surface area contributed by atoms with E-state index in [0.29, 0.717) is 5.56 Å². The summed E-state index contributed by atoms with van der Waals surface area (Å²) in [7, 11) is 3.73. The molecule has 1 amide bonds. The molecule has 4 heteroatoms. The molecule has 4 nitrogen and oxygen atoms in total. The minimum Gasteiger partial charge on any atom is -0.334 e. The number of aliphatic imine (C=N–C) groups is 1. The molecule has 0 saturated carbocycles. The molecule has 0 aromatic heterocycles. The number of carbonyl (C=O) groups is 1. The van der Waals surface area contributed by atoms with Crippen molar-refractivity contribution in [2.75, 3.05) is 24.3 Å². The van der Waals surface area contributed by atoms with Crippen molar-refractivity contribution in [1.82, 2.24) is 0 Å². The number of amides is 1. The SMILES string of the molecule is CN=C(C)N(C)c1ccc(NC(=O)c2cccc(C)c2)cc1. The van der Waals surface area contributed by atoms with Crippen molar-refractivity contribution < 1.29 is 4.79 Å². The van der Waals surface area contributed by atoms with Gasteiger partial charge in [0.2, 0.25) is 0 Å². The maximum atomic E-state index is 12.2. The predicted octanol–water partition coefficient (Wildman–Crippen LogP) is 3.73. The molecule has 0 atom stereocenters. The number of anilines is 2. The largest absolute Gasteiger partial charge is 0.334 e. The topological polar surface area (TPSA) is 44.7 Å². The lowest BCUT2D eigenvalue weighted by Gasteiger charge is -2.18. The van der Waals surface area contributed by atoms with E-state index >= 15 is 0 Å². The zero-order chi connectivity index (χ0) is 16.1. The van der Waals surface area contributed by atoms with Gasteiger partial charge in [0.15, 0.2) is 0 Å². The first kappa shape index (κ1) is 15.8. The molecule has 2 aromatic carbocycles. The Morgan fingerprint density at radius 3 is 2.41 bits per heavy atom. The minimum absolute atomic E-state index is 0.101. The van der Waals surface area contributed by atoms with Gasteiger partial charge in [-0.1, -0.05) is 17.7 Å². The first-order valence-electron chi connectivity index (χ1n) is 7.16. The third kappa shape index (κ3) is 3.73. The van der Waals surface area contributed by atoms with Gasteiger partial charge in [-0.25, -0.2) is 0 Å². The first-order valence-corrected chi connectivity index (χ1v) is 7.16. The lowest BCUT2D eigenvalue weighted by Crippen LogP contribution is -2.23. The normalized spacial score (nSPS) is 11.2. The Hall–Kier alpha value is -2.62. The molecule has 2 rings (SSSR count). The molecular formula is C18H21N3O.